The van der Waals surface area contributed by atoms with E-state index in [0.29, 0.717) is 11.6 Å². The Kier molecular flexibility index (Phi) is 3.27. The van der Waals surface area contributed by atoms with Gasteiger partial charge in [0.05, 0.1) is 5.41 Å². The molecule has 1 fully saturated rings. The molecule has 0 spiro atoms. The molecular weight excluding hydrogens is 260 g/mol. The third-order valence-corrected chi connectivity index (χ3v) is 4.66. The lowest BCUT2D eigenvalue weighted by molar-refractivity contribution is 0.210. The molecule has 1 aliphatic rings. The van der Waals surface area contributed by atoms with E-state index in [9.17, 15) is 0 Å². The molecule has 2 aromatic rings. The molecule has 0 unspecified atom stereocenters. The summed E-state index contributed by atoms with van der Waals surface area (Å²) in [5.41, 5.74) is 7.58. The maximum Gasteiger partial charge on any atom is 0.202 e. The number of hydrogen-bond donors (Lipinski definition) is 1. The predicted octanol–water partition coefficient (Wildman–Crippen LogP) is 3.89. The van der Waals surface area contributed by atoms with Gasteiger partial charge in [0.25, 0.3) is 0 Å². The van der Waals surface area contributed by atoms with E-state index in [2.05, 4.69) is 11.9 Å². The Hall–Kier alpha value is -1.06. The number of benzene rings is 1. The number of nitrogens with zero attached hydrogens (tertiary/aromatic N) is 1. The van der Waals surface area contributed by atoms with E-state index in [-0.39, 0.29) is 5.41 Å². The quantitative estimate of drug-likeness (QED) is 0.907. The maximum atomic E-state index is 6.04. The molecule has 2 N–H and O–H groups in total. The van der Waals surface area contributed by atoms with Gasteiger partial charge in [-0.2, -0.15) is 0 Å². The zero-order valence-electron chi connectivity index (χ0n) is 11.2. The number of nitrogens with two attached hydrogens (primary N) is 1. The summed E-state index contributed by atoms with van der Waals surface area (Å²) in [5, 5.41) is 0.686. The van der Waals surface area contributed by atoms with Gasteiger partial charge in [0.1, 0.15) is 5.52 Å². The van der Waals surface area contributed by atoms with E-state index in [1.54, 1.807) is 0 Å². The second kappa shape index (κ2) is 4.80. The molecule has 1 saturated carbocycles. The average molecular weight is 279 g/mol. The Morgan fingerprint density at radius 3 is 2.84 bits per heavy atom. The molecule has 0 amide bonds. The van der Waals surface area contributed by atoms with Crippen LogP contribution in [0.1, 0.15) is 38.5 Å². The largest absolute Gasteiger partial charge is 0.440 e. The van der Waals surface area contributed by atoms with E-state index >= 15 is 0 Å². The van der Waals surface area contributed by atoms with Gasteiger partial charge in [-0.05, 0) is 49.8 Å². The number of fused-ring (bicyclic) bond motifs is 1. The molecule has 0 aliphatic heterocycles. The zero-order chi connectivity index (χ0) is 13.5. The van der Waals surface area contributed by atoms with Crippen molar-refractivity contribution in [3.05, 3.63) is 29.1 Å². The Morgan fingerprint density at radius 1 is 1.42 bits per heavy atom. The number of hydrogen-bond acceptors (Lipinski definition) is 3. The zero-order valence-corrected chi connectivity index (χ0v) is 11.9. The molecule has 0 atom stereocenters. The first-order valence-corrected chi connectivity index (χ1v) is 7.27. The minimum absolute atomic E-state index is 0.0853. The van der Waals surface area contributed by atoms with Crippen LogP contribution in [0.3, 0.4) is 0 Å². The lowest BCUT2D eigenvalue weighted by Crippen LogP contribution is -2.38. The van der Waals surface area contributed by atoms with Crippen LogP contribution in [-0.4, -0.2) is 11.5 Å². The van der Waals surface area contributed by atoms with Gasteiger partial charge in [-0.3, -0.25) is 0 Å². The van der Waals surface area contributed by atoms with Crippen LogP contribution in [0.25, 0.3) is 11.1 Å². The molecule has 0 radical (unpaired) electrons. The van der Waals surface area contributed by atoms with E-state index in [1.165, 1.54) is 12.8 Å². The van der Waals surface area contributed by atoms with Gasteiger partial charge in [-0.15, -0.1) is 0 Å². The monoisotopic (exact) mass is 278 g/mol. The second-order valence-electron chi connectivity index (χ2n) is 5.80. The highest BCUT2D eigenvalue weighted by Gasteiger charge is 2.39. The molecule has 3 rings (SSSR count). The van der Waals surface area contributed by atoms with Gasteiger partial charge in [0.2, 0.25) is 5.89 Å². The summed E-state index contributed by atoms with van der Waals surface area (Å²) >= 11 is 6.00. The molecule has 3 nitrogen and oxygen atoms in total. The summed E-state index contributed by atoms with van der Waals surface area (Å²) in [6.07, 6.45) is 4.50. The Balaban J connectivity index is 2.01. The van der Waals surface area contributed by atoms with Crippen molar-refractivity contribution in [3.63, 3.8) is 0 Å². The van der Waals surface area contributed by atoms with E-state index in [0.717, 1.165) is 35.7 Å². The Morgan fingerprint density at radius 2 is 2.16 bits per heavy atom. The molecule has 1 aromatic carbocycles. The van der Waals surface area contributed by atoms with Crippen LogP contribution in [0.2, 0.25) is 5.02 Å². The van der Waals surface area contributed by atoms with Crippen molar-refractivity contribution in [1.82, 2.24) is 4.98 Å². The normalized spacial score (nSPS) is 27.8. The molecule has 4 heteroatoms. The molecule has 1 aliphatic carbocycles. The third-order valence-electron chi connectivity index (χ3n) is 4.43. The average Bonchev–Trinajstić information content (AvgIpc) is 2.83. The highest BCUT2D eigenvalue weighted by atomic mass is 35.5. The summed E-state index contributed by atoms with van der Waals surface area (Å²) < 4.78 is 5.94. The minimum atomic E-state index is -0.0853. The topological polar surface area (TPSA) is 52.0 Å². The number of oxazole rings is 1. The highest BCUT2D eigenvalue weighted by Crippen LogP contribution is 2.41. The summed E-state index contributed by atoms with van der Waals surface area (Å²) in [6.45, 7) is 2.90. The maximum absolute atomic E-state index is 6.04. The number of aromatic nitrogens is 1. The fourth-order valence-electron chi connectivity index (χ4n) is 2.95. The molecule has 102 valence electrons. The van der Waals surface area contributed by atoms with Crippen molar-refractivity contribution in [3.8, 4) is 0 Å². The first-order valence-electron chi connectivity index (χ1n) is 6.90. The molecule has 19 heavy (non-hydrogen) atoms. The van der Waals surface area contributed by atoms with Crippen molar-refractivity contribution in [2.45, 2.75) is 38.0 Å². The van der Waals surface area contributed by atoms with Gasteiger partial charge in [0, 0.05) is 11.6 Å². The minimum Gasteiger partial charge on any atom is -0.440 e. The molecular formula is C15H19ClN2O. The van der Waals surface area contributed by atoms with Gasteiger partial charge in [-0.25, -0.2) is 4.98 Å². The molecule has 0 saturated heterocycles. The van der Waals surface area contributed by atoms with Crippen LogP contribution < -0.4 is 5.73 Å². The van der Waals surface area contributed by atoms with Crippen molar-refractivity contribution >= 4 is 22.7 Å². The van der Waals surface area contributed by atoms with Crippen LogP contribution in [0.5, 0.6) is 0 Å². The number of halogens is 1. The van der Waals surface area contributed by atoms with Crippen molar-refractivity contribution in [2.24, 2.45) is 11.7 Å². The van der Waals surface area contributed by atoms with Gasteiger partial charge in [-0.1, -0.05) is 18.5 Å². The van der Waals surface area contributed by atoms with Crippen LogP contribution in [0.15, 0.2) is 22.6 Å². The second-order valence-corrected chi connectivity index (χ2v) is 6.23. The molecule has 0 bridgehead atoms. The van der Waals surface area contributed by atoms with E-state index in [1.807, 2.05) is 18.2 Å². The fourth-order valence-corrected chi connectivity index (χ4v) is 3.11. The Bertz CT molecular complexity index is 585. The standard InChI is InChI=1S/C15H19ClN2O/c1-10-4-6-15(9-17,7-5-10)14-18-12-8-11(16)2-3-13(12)19-14/h2-3,8,10H,4-7,9,17H2,1H3. The summed E-state index contributed by atoms with van der Waals surface area (Å²) in [4.78, 5) is 4.63. The summed E-state index contributed by atoms with van der Waals surface area (Å²) in [7, 11) is 0. The molecule has 1 heterocycles. The van der Waals surface area contributed by atoms with Crippen molar-refractivity contribution in [1.29, 1.82) is 0 Å². The van der Waals surface area contributed by atoms with Crippen LogP contribution in [-0.2, 0) is 5.41 Å². The lowest BCUT2D eigenvalue weighted by atomic mass is 9.71. The van der Waals surface area contributed by atoms with Crippen molar-refractivity contribution < 1.29 is 4.42 Å². The third kappa shape index (κ3) is 2.26. The van der Waals surface area contributed by atoms with Crippen LogP contribution >= 0.6 is 11.6 Å². The smallest absolute Gasteiger partial charge is 0.202 e. The van der Waals surface area contributed by atoms with Crippen molar-refractivity contribution in [2.75, 3.05) is 6.54 Å². The van der Waals surface area contributed by atoms with Crippen LogP contribution in [0.4, 0.5) is 0 Å². The van der Waals surface area contributed by atoms with Crippen LogP contribution in [0, 0.1) is 5.92 Å². The fraction of sp³-hybridized carbons (Fsp3) is 0.533. The predicted molar refractivity (Wildman–Crippen MR) is 77.4 cm³/mol. The SMILES string of the molecule is CC1CCC(CN)(c2nc3cc(Cl)ccc3o2)CC1. The highest BCUT2D eigenvalue weighted by molar-refractivity contribution is 6.31. The summed E-state index contributed by atoms with van der Waals surface area (Å²) in [5.74, 6) is 1.57. The number of rotatable bonds is 2. The van der Waals surface area contributed by atoms with Gasteiger partial charge in [0.15, 0.2) is 5.58 Å². The van der Waals surface area contributed by atoms with Gasteiger partial charge < -0.3 is 10.2 Å². The van der Waals surface area contributed by atoms with E-state index in [4.69, 9.17) is 21.8 Å². The first-order chi connectivity index (χ1) is 9.13. The lowest BCUT2D eigenvalue weighted by Gasteiger charge is -2.35. The Labute approximate surface area is 118 Å². The summed E-state index contributed by atoms with van der Waals surface area (Å²) in [6, 6.07) is 5.56. The van der Waals surface area contributed by atoms with Gasteiger partial charge >= 0.3 is 0 Å². The van der Waals surface area contributed by atoms with E-state index < -0.39 is 0 Å². The molecule has 1 aromatic heterocycles. The first kappa shape index (κ1) is 12.9.